The van der Waals surface area contributed by atoms with Gasteiger partial charge in [0.25, 0.3) is 0 Å². The third-order valence-electron chi connectivity index (χ3n) is 5.26. The Morgan fingerprint density at radius 3 is 2.60 bits per heavy atom. The van der Waals surface area contributed by atoms with Crippen molar-refractivity contribution in [1.29, 1.82) is 0 Å². The fourth-order valence-corrected chi connectivity index (χ4v) is 3.77. The number of allylic oxidation sites excluding steroid dienone is 2. The molecule has 0 spiro atoms. The van der Waals surface area contributed by atoms with Crippen molar-refractivity contribution in [2.75, 3.05) is 19.0 Å². The minimum atomic E-state index is -0.554. The van der Waals surface area contributed by atoms with Gasteiger partial charge in [-0.25, -0.2) is 4.79 Å². The van der Waals surface area contributed by atoms with Crippen molar-refractivity contribution >= 4 is 46.0 Å². The number of amides is 1. The summed E-state index contributed by atoms with van der Waals surface area (Å²) < 4.78 is 10.7. The molecular weight excluding hydrogens is 462 g/mol. The summed E-state index contributed by atoms with van der Waals surface area (Å²) in [6, 6.07) is 16.3. The Kier molecular flexibility index (Phi) is 9.04. The van der Waals surface area contributed by atoms with Crippen molar-refractivity contribution in [2.24, 2.45) is 0 Å². The van der Waals surface area contributed by atoms with Crippen LogP contribution in [-0.4, -0.2) is 25.6 Å². The monoisotopic (exact) mass is 487 g/mol. The van der Waals surface area contributed by atoms with E-state index in [1.807, 2.05) is 30.3 Å². The summed E-state index contributed by atoms with van der Waals surface area (Å²) in [6.45, 7) is 7.35. The number of methoxy groups -OCH3 is 1. The van der Waals surface area contributed by atoms with Crippen molar-refractivity contribution < 1.29 is 19.1 Å². The zero-order valence-corrected chi connectivity index (χ0v) is 20.2. The standard InChI is InChI=1S/C29H26ClNO4/c1-4-8-20(5-2)19-35-29(33)24-9-6-7-10-26(24)31-28(32)16-12-21-11-14-23-22(17-21)13-15-27(34-3)25(23)18-30/h4-17H,1-2,18-19H2,3H3,(H,31,32)/b16-12+,20-8+. The lowest BCUT2D eigenvalue weighted by Gasteiger charge is -2.11. The summed E-state index contributed by atoms with van der Waals surface area (Å²) in [4.78, 5) is 25.2. The van der Waals surface area contributed by atoms with Crippen LogP contribution in [-0.2, 0) is 15.4 Å². The van der Waals surface area contributed by atoms with E-state index in [-0.39, 0.29) is 18.1 Å². The smallest absolute Gasteiger partial charge is 0.340 e. The van der Waals surface area contributed by atoms with Gasteiger partial charge in [0.1, 0.15) is 12.4 Å². The normalized spacial score (nSPS) is 11.3. The minimum absolute atomic E-state index is 0.0514. The van der Waals surface area contributed by atoms with Gasteiger partial charge in [-0.05, 0) is 52.3 Å². The van der Waals surface area contributed by atoms with Gasteiger partial charge in [-0.3, -0.25) is 4.79 Å². The molecule has 0 bridgehead atoms. The molecule has 1 amide bonds. The number of hydrogen-bond donors (Lipinski definition) is 1. The van der Waals surface area contributed by atoms with E-state index in [1.54, 1.807) is 55.7 Å². The molecule has 0 saturated heterocycles. The summed E-state index contributed by atoms with van der Waals surface area (Å²) in [5.74, 6) is 0.144. The van der Waals surface area contributed by atoms with Crippen LogP contribution in [0.25, 0.3) is 16.8 Å². The first kappa shape index (κ1) is 25.5. The molecule has 3 aromatic carbocycles. The highest BCUT2D eigenvalue weighted by molar-refractivity contribution is 6.18. The molecule has 0 aliphatic rings. The predicted molar refractivity (Wildman–Crippen MR) is 143 cm³/mol. The molecule has 0 heterocycles. The Morgan fingerprint density at radius 1 is 1.09 bits per heavy atom. The SMILES string of the molecule is C=C/C=C(\C=C)COC(=O)c1ccccc1NC(=O)/C=C/c1ccc2c(CCl)c(OC)ccc2c1. The Balaban J connectivity index is 1.73. The average molecular weight is 488 g/mol. The van der Waals surface area contributed by atoms with E-state index in [0.717, 1.165) is 27.6 Å². The number of esters is 1. The number of para-hydroxylation sites is 1. The lowest BCUT2D eigenvalue weighted by molar-refractivity contribution is -0.111. The van der Waals surface area contributed by atoms with Gasteiger partial charge in [-0.15, -0.1) is 11.6 Å². The lowest BCUT2D eigenvalue weighted by atomic mass is 10.0. The van der Waals surface area contributed by atoms with Crippen LogP contribution in [0.15, 0.2) is 97.6 Å². The summed E-state index contributed by atoms with van der Waals surface area (Å²) in [5, 5.41) is 4.73. The zero-order valence-electron chi connectivity index (χ0n) is 19.4. The largest absolute Gasteiger partial charge is 0.496 e. The van der Waals surface area contributed by atoms with Gasteiger partial charge >= 0.3 is 5.97 Å². The molecular formula is C29H26ClNO4. The van der Waals surface area contributed by atoms with Crippen LogP contribution < -0.4 is 10.1 Å². The van der Waals surface area contributed by atoms with E-state index in [1.165, 1.54) is 6.08 Å². The van der Waals surface area contributed by atoms with Gasteiger partial charge in [-0.2, -0.15) is 0 Å². The Hall–Kier alpha value is -4.09. The van der Waals surface area contributed by atoms with Crippen LogP contribution in [0.5, 0.6) is 5.75 Å². The number of carbonyl (C=O) groups excluding carboxylic acids is 2. The molecule has 0 saturated carbocycles. The zero-order chi connectivity index (χ0) is 25.2. The molecule has 35 heavy (non-hydrogen) atoms. The van der Waals surface area contributed by atoms with Crippen molar-refractivity contribution in [3.05, 3.63) is 114 Å². The number of alkyl halides is 1. The number of hydrogen-bond acceptors (Lipinski definition) is 4. The van der Waals surface area contributed by atoms with E-state index in [2.05, 4.69) is 18.5 Å². The second kappa shape index (κ2) is 12.4. The molecule has 1 N–H and O–H groups in total. The van der Waals surface area contributed by atoms with Crippen LogP contribution in [0.4, 0.5) is 5.69 Å². The number of anilines is 1. The van der Waals surface area contributed by atoms with Gasteiger partial charge in [0, 0.05) is 11.6 Å². The molecule has 6 heteroatoms. The van der Waals surface area contributed by atoms with Gasteiger partial charge in [-0.1, -0.05) is 61.7 Å². The number of ether oxygens (including phenoxy) is 2. The summed E-state index contributed by atoms with van der Waals surface area (Å²) in [7, 11) is 1.61. The number of carbonyl (C=O) groups is 2. The molecule has 0 aliphatic carbocycles. The Bertz CT molecular complexity index is 1320. The number of fused-ring (bicyclic) bond motifs is 1. The molecule has 0 unspecified atom stereocenters. The number of rotatable bonds is 10. The van der Waals surface area contributed by atoms with E-state index in [4.69, 9.17) is 21.1 Å². The summed E-state index contributed by atoms with van der Waals surface area (Å²) in [5.41, 5.74) is 3.09. The fourth-order valence-electron chi connectivity index (χ4n) is 3.49. The molecule has 0 radical (unpaired) electrons. The Labute approximate surface area is 210 Å². The molecule has 0 atom stereocenters. The van der Waals surface area contributed by atoms with Crippen molar-refractivity contribution in [3.8, 4) is 5.75 Å². The Morgan fingerprint density at radius 2 is 1.89 bits per heavy atom. The third-order valence-corrected chi connectivity index (χ3v) is 5.53. The van der Waals surface area contributed by atoms with Crippen LogP contribution >= 0.6 is 11.6 Å². The van der Waals surface area contributed by atoms with Crippen LogP contribution in [0.1, 0.15) is 21.5 Å². The molecule has 0 aliphatic heterocycles. The van der Waals surface area contributed by atoms with Crippen molar-refractivity contribution in [1.82, 2.24) is 0 Å². The highest BCUT2D eigenvalue weighted by Crippen LogP contribution is 2.30. The summed E-state index contributed by atoms with van der Waals surface area (Å²) >= 11 is 6.11. The highest BCUT2D eigenvalue weighted by Gasteiger charge is 2.14. The number of benzene rings is 3. The second-order valence-corrected chi connectivity index (χ2v) is 7.75. The van der Waals surface area contributed by atoms with Gasteiger partial charge in [0.15, 0.2) is 0 Å². The average Bonchev–Trinajstić information content (AvgIpc) is 2.89. The van der Waals surface area contributed by atoms with Gasteiger partial charge in [0.05, 0.1) is 24.2 Å². The van der Waals surface area contributed by atoms with E-state index in [0.29, 0.717) is 17.1 Å². The van der Waals surface area contributed by atoms with Gasteiger partial charge in [0.2, 0.25) is 5.91 Å². The first-order valence-corrected chi connectivity index (χ1v) is 11.4. The third kappa shape index (κ3) is 6.49. The van der Waals surface area contributed by atoms with E-state index >= 15 is 0 Å². The van der Waals surface area contributed by atoms with Crippen LogP contribution in [0, 0.1) is 0 Å². The van der Waals surface area contributed by atoms with Crippen molar-refractivity contribution in [2.45, 2.75) is 5.88 Å². The predicted octanol–water partition coefficient (Wildman–Crippen LogP) is 6.69. The maximum atomic E-state index is 12.6. The maximum absolute atomic E-state index is 12.6. The molecule has 3 aromatic rings. The first-order chi connectivity index (χ1) is 17.0. The molecule has 0 aromatic heterocycles. The number of halogens is 1. The molecule has 3 rings (SSSR count). The molecule has 5 nitrogen and oxygen atoms in total. The van der Waals surface area contributed by atoms with E-state index in [9.17, 15) is 9.59 Å². The fraction of sp³-hybridized carbons (Fsp3) is 0.103. The lowest BCUT2D eigenvalue weighted by Crippen LogP contribution is -2.14. The topological polar surface area (TPSA) is 64.6 Å². The van der Waals surface area contributed by atoms with Crippen molar-refractivity contribution in [3.63, 3.8) is 0 Å². The second-order valence-electron chi connectivity index (χ2n) is 7.49. The summed E-state index contributed by atoms with van der Waals surface area (Å²) in [6.07, 6.45) is 8.01. The minimum Gasteiger partial charge on any atom is -0.496 e. The van der Waals surface area contributed by atoms with E-state index < -0.39 is 5.97 Å². The maximum Gasteiger partial charge on any atom is 0.340 e. The highest BCUT2D eigenvalue weighted by atomic mass is 35.5. The van der Waals surface area contributed by atoms with Gasteiger partial charge < -0.3 is 14.8 Å². The number of nitrogens with one attached hydrogen (secondary N) is 1. The quantitative estimate of drug-likeness (QED) is 0.150. The van der Waals surface area contributed by atoms with Crippen LogP contribution in [0.2, 0.25) is 0 Å². The first-order valence-electron chi connectivity index (χ1n) is 10.9. The van der Waals surface area contributed by atoms with Crippen LogP contribution in [0.3, 0.4) is 0 Å². The molecule has 178 valence electrons. The molecule has 0 fully saturated rings.